The number of hydrogen-bond acceptors (Lipinski definition) is 5. The molecule has 0 atom stereocenters. The third-order valence-electron chi connectivity index (χ3n) is 4.90. The number of H-pyrrole nitrogens is 1. The minimum absolute atomic E-state index is 0.0373. The fourth-order valence-electron chi connectivity index (χ4n) is 3.12. The number of nitrogens with zero attached hydrogens (tertiary/aromatic N) is 3. The molecule has 0 aliphatic heterocycles. The monoisotopic (exact) mass is 444 g/mol. The first-order chi connectivity index (χ1) is 15.3. The molecule has 1 N–H and O–H groups in total. The summed E-state index contributed by atoms with van der Waals surface area (Å²) in [5.74, 6) is -0.0373. The van der Waals surface area contributed by atoms with Crippen LogP contribution in [-0.4, -0.2) is 25.5 Å². The summed E-state index contributed by atoms with van der Waals surface area (Å²) in [6.45, 7) is 6.17. The fourth-order valence-corrected chi connectivity index (χ4v) is 3.98. The van der Waals surface area contributed by atoms with Crippen LogP contribution in [0.4, 0.5) is 0 Å². The van der Waals surface area contributed by atoms with Crippen LogP contribution in [0.2, 0.25) is 0 Å². The minimum atomic E-state index is -0.506. The number of ketones is 1. The Morgan fingerprint density at radius 3 is 2.62 bits per heavy atom. The normalized spacial score (nSPS) is 13.0. The first-order valence-electron chi connectivity index (χ1n) is 10.3. The third kappa shape index (κ3) is 5.00. The molecular formula is C25H24N4O2S. The van der Waals surface area contributed by atoms with Gasteiger partial charge in [-0.05, 0) is 17.7 Å². The molecule has 3 aromatic heterocycles. The molecular weight excluding hydrogens is 420 g/mol. The molecule has 1 aromatic carbocycles. The Bertz CT molecular complexity index is 1410. The Labute approximate surface area is 189 Å². The number of carbonyl (C=O) groups excluding carboxylic acids is 1. The van der Waals surface area contributed by atoms with E-state index in [9.17, 15) is 9.59 Å². The lowest BCUT2D eigenvalue weighted by molar-refractivity contribution is -0.119. The lowest BCUT2D eigenvalue weighted by atomic mass is 9.91. The number of aromatic amines is 1. The highest BCUT2D eigenvalue weighted by Crippen LogP contribution is 2.23. The summed E-state index contributed by atoms with van der Waals surface area (Å²) < 4.78 is 2.89. The van der Waals surface area contributed by atoms with Gasteiger partial charge in [0.2, 0.25) is 0 Å². The molecule has 3 heterocycles. The predicted molar refractivity (Wildman–Crippen MR) is 128 cm³/mol. The van der Waals surface area contributed by atoms with Crippen molar-refractivity contribution >= 4 is 29.3 Å². The highest BCUT2D eigenvalue weighted by Gasteiger charge is 2.18. The number of pyridine rings is 1. The Morgan fingerprint density at radius 2 is 1.94 bits per heavy atom. The molecule has 0 saturated carbocycles. The van der Waals surface area contributed by atoms with Crippen molar-refractivity contribution in [1.82, 2.24) is 19.7 Å². The summed E-state index contributed by atoms with van der Waals surface area (Å²) in [4.78, 5) is 31.9. The quantitative estimate of drug-likeness (QED) is 0.513. The van der Waals surface area contributed by atoms with Crippen molar-refractivity contribution in [3.05, 3.63) is 91.9 Å². The van der Waals surface area contributed by atoms with Crippen LogP contribution >= 0.6 is 11.3 Å². The van der Waals surface area contributed by atoms with Gasteiger partial charge < -0.3 is 4.98 Å². The number of aromatic nitrogens is 4. The third-order valence-corrected chi connectivity index (χ3v) is 5.86. The highest BCUT2D eigenvalue weighted by molar-refractivity contribution is 7.07. The Balaban J connectivity index is 1.79. The van der Waals surface area contributed by atoms with Crippen LogP contribution in [0.5, 0.6) is 0 Å². The summed E-state index contributed by atoms with van der Waals surface area (Å²) in [6, 6.07) is 13.9. The van der Waals surface area contributed by atoms with Gasteiger partial charge in [0.25, 0.3) is 5.56 Å². The number of thiazole rings is 1. The van der Waals surface area contributed by atoms with Crippen molar-refractivity contribution in [3.8, 4) is 11.1 Å². The van der Waals surface area contributed by atoms with E-state index < -0.39 is 5.41 Å². The van der Waals surface area contributed by atoms with Crippen LogP contribution in [0.15, 0.2) is 65.8 Å². The fraction of sp³-hybridized carbons (Fsp3) is 0.200. The molecule has 4 aromatic rings. The van der Waals surface area contributed by atoms with Crippen molar-refractivity contribution < 1.29 is 4.79 Å². The van der Waals surface area contributed by atoms with E-state index in [2.05, 4.69) is 9.97 Å². The molecule has 0 spiro atoms. The van der Waals surface area contributed by atoms with Crippen molar-refractivity contribution in [3.63, 3.8) is 0 Å². The summed E-state index contributed by atoms with van der Waals surface area (Å²) in [6.07, 6.45) is 8.74. The largest absolute Gasteiger partial charge is 0.313 e. The van der Waals surface area contributed by atoms with Crippen LogP contribution in [0, 0.1) is 5.41 Å². The smallest absolute Gasteiger partial charge is 0.266 e. The number of hydrogen-bond donors (Lipinski definition) is 1. The van der Waals surface area contributed by atoms with E-state index in [0.717, 1.165) is 16.7 Å². The molecule has 0 radical (unpaired) electrons. The zero-order valence-electron chi connectivity index (χ0n) is 18.2. The van der Waals surface area contributed by atoms with Crippen molar-refractivity contribution in [1.29, 1.82) is 0 Å². The molecule has 0 amide bonds. The number of benzene rings is 1. The van der Waals surface area contributed by atoms with Gasteiger partial charge in [0.1, 0.15) is 0 Å². The number of rotatable bonds is 5. The molecule has 162 valence electrons. The molecule has 0 aliphatic rings. The lowest BCUT2D eigenvalue weighted by Crippen LogP contribution is -2.22. The standard InChI is InChI=1S/C25H24N4O2S/c1-25(2,3)22(30)13-23-27-24(31)21(32-23)12-20-19(18-10-7-11-26-14-18)16-29(28-20)15-17-8-5-4-6-9-17/h4-14,16H,15H2,1-3H3,(H,27,31)/b21-12-,23-13-. The number of Topliss-reactive ketones (excluding diaryl/α,β-unsaturated/α-hetero) is 1. The van der Waals surface area contributed by atoms with Crippen LogP contribution in [0.3, 0.4) is 0 Å². The minimum Gasteiger partial charge on any atom is -0.313 e. The van der Waals surface area contributed by atoms with E-state index in [1.165, 1.54) is 17.4 Å². The van der Waals surface area contributed by atoms with Crippen LogP contribution in [0.25, 0.3) is 23.3 Å². The molecule has 0 unspecified atom stereocenters. The average molecular weight is 445 g/mol. The zero-order chi connectivity index (χ0) is 22.7. The highest BCUT2D eigenvalue weighted by atomic mass is 32.1. The van der Waals surface area contributed by atoms with Gasteiger partial charge in [-0.2, -0.15) is 5.10 Å². The van der Waals surface area contributed by atoms with E-state index >= 15 is 0 Å². The van der Waals surface area contributed by atoms with Crippen molar-refractivity contribution in [2.24, 2.45) is 5.41 Å². The summed E-state index contributed by atoms with van der Waals surface area (Å²) in [5.41, 5.74) is 2.87. The van der Waals surface area contributed by atoms with Gasteiger partial charge in [-0.15, -0.1) is 11.3 Å². The van der Waals surface area contributed by atoms with Crippen LogP contribution < -0.4 is 14.8 Å². The maximum atomic E-state index is 12.6. The van der Waals surface area contributed by atoms with Crippen LogP contribution in [0.1, 0.15) is 32.0 Å². The first-order valence-corrected chi connectivity index (χ1v) is 11.1. The van der Waals surface area contributed by atoms with Gasteiger partial charge in [0.05, 0.1) is 21.4 Å². The molecule has 32 heavy (non-hydrogen) atoms. The predicted octanol–water partition coefficient (Wildman–Crippen LogP) is 2.97. The second-order valence-corrected chi connectivity index (χ2v) is 9.62. The van der Waals surface area contributed by atoms with E-state index in [1.54, 1.807) is 18.5 Å². The molecule has 4 rings (SSSR count). The molecule has 0 saturated heterocycles. The molecule has 0 fully saturated rings. The summed E-state index contributed by atoms with van der Waals surface area (Å²) in [5, 5.41) is 4.74. The number of nitrogens with one attached hydrogen (secondary N) is 1. The van der Waals surface area contributed by atoms with E-state index in [1.807, 2.05) is 74.1 Å². The Hall–Kier alpha value is -3.58. The summed E-state index contributed by atoms with van der Waals surface area (Å²) >= 11 is 1.25. The summed E-state index contributed by atoms with van der Waals surface area (Å²) in [7, 11) is 0. The molecule has 0 bridgehead atoms. The van der Waals surface area contributed by atoms with Crippen molar-refractivity contribution in [2.45, 2.75) is 27.3 Å². The average Bonchev–Trinajstić information content (AvgIpc) is 3.31. The van der Waals surface area contributed by atoms with E-state index in [0.29, 0.717) is 21.4 Å². The second kappa shape index (κ2) is 8.88. The molecule has 0 aliphatic carbocycles. The van der Waals surface area contributed by atoms with E-state index in [4.69, 9.17) is 5.10 Å². The van der Waals surface area contributed by atoms with E-state index in [-0.39, 0.29) is 11.3 Å². The Kier molecular flexibility index (Phi) is 6.01. The maximum Gasteiger partial charge on any atom is 0.266 e. The molecule has 7 heteroatoms. The topological polar surface area (TPSA) is 80.6 Å². The molecule has 6 nitrogen and oxygen atoms in total. The van der Waals surface area contributed by atoms with Crippen molar-refractivity contribution in [2.75, 3.05) is 0 Å². The zero-order valence-corrected chi connectivity index (χ0v) is 19.0. The van der Waals surface area contributed by atoms with Gasteiger partial charge in [0.15, 0.2) is 5.78 Å². The van der Waals surface area contributed by atoms with Gasteiger partial charge in [0, 0.05) is 41.2 Å². The van der Waals surface area contributed by atoms with Gasteiger partial charge in [-0.25, -0.2) is 0 Å². The lowest BCUT2D eigenvalue weighted by Gasteiger charge is -2.12. The van der Waals surface area contributed by atoms with Crippen LogP contribution in [-0.2, 0) is 11.3 Å². The Morgan fingerprint density at radius 1 is 1.16 bits per heavy atom. The van der Waals surface area contributed by atoms with Gasteiger partial charge in [-0.1, -0.05) is 57.2 Å². The van der Waals surface area contributed by atoms with Gasteiger partial charge in [-0.3, -0.25) is 19.3 Å². The second-order valence-electron chi connectivity index (χ2n) is 8.54. The first kappa shape index (κ1) is 21.6. The maximum absolute atomic E-state index is 12.6. The van der Waals surface area contributed by atoms with Gasteiger partial charge >= 0.3 is 0 Å². The number of carbonyl (C=O) groups is 1. The SMILES string of the molecule is CC(C)(C)C(=O)/C=c1/[nH]c(=O)/c(=C/c2nn(Cc3ccccc3)cc2-c2cccnc2)s1.